The summed E-state index contributed by atoms with van der Waals surface area (Å²) >= 11 is 0. The monoisotopic (exact) mass is 538 g/mol. The predicted octanol–water partition coefficient (Wildman–Crippen LogP) is 4.34. The Morgan fingerprint density at radius 2 is 1.46 bits per heavy atom. The van der Waals surface area contributed by atoms with Crippen LogP contribution in [-0.4, -0.2) is 70.8 Å². The van der Waals surface area contributed by atoms with Gasteiger partial charge in [-0.05, 0) is 66.0 Å². The predicted molar refractivity (Wildman–Crippen MR) is 143 cm³/mol. The van der Waals surface area contributed by atoms with Crippen molar-refractivity contribution in [1.82, 2.24) is 20.0 Å². The van der Waals surface area contributed by atoms with Crippen LogP contribution in [0.15, 0.2) is 48.5 Å². The minimum atomic E-state index is -0.936. The van der Waals surface area contributed by atoms with Crippen molar-refractivity contribution in [2.24, 2.45) is 11.3 Å². The number of carbonyl (C=O) groups excluding carboxylic acids is 3. The number of halogens is 2. The van der Waals surface area contributed by atoms with Crippen LogP contribution in [0.1, 0.15) is 57.2 Å². The first kappa shape index (κ1) is 27.2. The maximum atomic E-state index is 13.6. The summed E-state index contributed by atoms with van der Waals surface area (Å²) in [6.45, 7) is 7.93. The summed E-state index contributed by atoms with van der Waals surface area (Å²) in [5.74, 6) is -0.941. The first-order valence-corrected chi connectivity index (χ1v) is 13.6. The number of urea groups is 1. The van der Waals surface area contributed by atoms with Crippen molar-refractivity contribution in [1.29, 1.82) is 0 Å². The van der Waals surface area contributed by atoms with Gasteiger partial charge in [0.2, 0.25) is 5.91 Å². The van der Waals surface area contributed by atoms with Gasteiger partial charge in [0, 0.05) is 26.2 Å². The average Bonchev–Trinajstić information content (AvgIpc) is 3.08. The number of hydrogen-bond donors (Lipinski definition) is 1. The van der Waals surface area contributed by atoms with Crippen LogP contribution in [0.25, 0.3) is 0 Å². The van der Waals surface area contributed by atoms with Gasteiger partial charge in [-0.2, -0.15) is 0 Å². The molecule has 39 heavy (non-hydrogen) atoms. The quantitative estimate of drug-likeness (QED) is 0.575. The van der Waals surface area contributed by atoms with E-state index in [1.807, 2.05) is 0 Å². The van der Waals surface area contributed by atoms with E-state index in [-0.39, 0.29) is 47.4 Å². The molecule has 3 aliphatic rings. The lowest BCUT2D eigenvalue weighted by atomic mass is 9.64. The molecular weight excluding hydrogens is 502 g/mol. The van der Waals surface area contributed by atoms with Gasteiger partial charge in [0.1, 0.15) is 23.7 Å². The third kappa shape index (κ3) is 5.55. The zero-order valence-corrected chi connectivity index (χ0v) is 22.8. The molecule has 3 fully saturated rings. The normalized spacial score (nSPS) is 25.4. The minimum Gasteiger partial charge on any atom is -0.339 e. The molecule has 0 unspecified atom stereocenters. The molecule has 2 aromatic carbocycles. The van der Waals surface area contributed by atoms with Gasteiger partial charge in [-0.15, -0.1) is 0 Å². The van der Waals surface area contributed by atoms with Crippen molar-refractivity contribution in [2.75, 3.05) is 32.7 Å². The van der Waals surface area contributed by atoms with Gasteiger partial charge in [-0.1, -0.05) is 45.0 Å². The third-order valence-electron chi connectivity index (χ3n) is 8.32. The molecule has 0 bridgehead atoms. The summed E-state index contributed by atoms with van der Waals surface area (Å²) in [6, 6.07) is 11.8. The molecule has 1 saturated carbocycles. The van der Waals surface area contributed by atoms with E-state index in [9.17, 15) is 23.2 Å². The minimum absolute atomic E-state index is 0.0808. The molecule has 2 heterocycles. The lowest BCUT2D eigenvalue weighted by Gasteiger charge is -2.44. The summed E-state index contributed by atoms with van der Waals surface area (Å²) in [7, 11) is 0. The lowest BCUT2D eigenvalue weighted by molar-refractivity contribution is -0.141. The molecule has 2 atom stereocenters. The van der Waals surface area contributed by atoms with Crippen LogP contribution < -0.4 is 5.32 Å². The molecule has 0 aromatic heterocycles. The van der Waals surface area contributed by atoms with E-state index in [2.05, 4.69) is 31.0 Å². The van der Waals surface area contributed by atoms with E-state index in [0.717, 1.165) is 22.4 Å². The van der Waals surface area contributed by atoms with Crippen LogP contribution in [0.2, 0.25) is 0 Å². The number of rotatable bonds is 5. The highest BCUT2D eigenvalue weighted by molar-refractivity contribution is 6.09. The molecule has 7 nitrogen and oxygen atoms in total. The van der Waals surface area contributed by atoms with Gasteiger partial charge in [0.15, 0.2) is 0 Å². The fraction of sp³-hybridized carbons (Fsp3) is 0.500. The zero-order valence-electron chi connectivity index (χ0n) is 22.8. The number of carbonyl (C=O) groups is 3. The fourth-order valence-electron chi connectivity index (χ4n) is 7.02. The Bertz CT molecular complexity index is 1200. The van der Waals surface area contributed by atoms with E-state index in [0.29, 0.717) is 39.0 Å². The third-order valence-corrected chi connectivity index (χ3v) is 8.32. The van der Waals surface area contributed by atoms with E-state index in [1.165, 1.54) is 24.3 Å². The highest BCUT2D eigenvalue weighted by Crippen LogP contribution is 2.46. The Labute approximate surface area is 228 Å². The smallest absolute Gasteiger partial charge is 0.325 e. The van der Waals surface area contributed by atoms with E-state index in [1.54, 1.807) is 29.2 Å². The molecule has 1 aliphatic carbocycles. The molecule has 2 aromatic rings. The fourth-order valence-corrected chi connectivity index (χ4v) is 7.02. The number of nitrogens with zero attached hydrogens (tertiary/aromatic N) is 3. The maximum absolute atomic E-state index is 13.6. The summed E-state index contributed by atoms with van der Waals surface area (Å²) in [5.41, 5.74) is 0.728. The zero-order chi connectivity index (χ0) is 27.9. The molecular formula is C30H36F2N4O3. The van der Waals surface area contributed by atoms with E-state index < -0.39 is 11.6 Å². The Balaban J connectivity index is 1.26. The molecule has 4 amide bonds. The molecule has 208 valence electrons. The lowest BCUT2D eigenvalue weighted by Crippen LogP contribution is -2.55. The van der Waals surface area contributed by atoms with Crippen molar-refractivity contribution in [3.8, 4) is 0 Å². The molecule has 1 N–H and O–H groups in total. The Kier molecular flexibility index (Phi) is 7.22. The van der Waals surface area contributed by atoms with Crippen molar-refractivity contribution in [3.63, 3.8) is 0 Å². The Hall–Kier alpha value is -3.33. The highest BCUT2D eigenvalue weighted by atomic mass is 19.1. The summed E-state index contributed by atoms with van der Waals surface area (Å²) in [6.07, 6.45) is 2.13. The molecule has 0 radical (unpaired) electrons. The molecule has 9 heteroatoms. The standard InChI is InChI=1S/C30H36F2N4O3/c1-20-16-29(2,3)19-30(17-20)27(38)36(28(39)33-30)18-25(37)34-12-14-35(15-13-34)26(21-4-8-23(31)9-5-21)22-6-10-24(32)11-7-22/h4-11,20,26H,12-19H2,1-3H3,(H,33,39)/t20-,30-/m1/s1. The summed E-state index contributed by atoms with van der Waals surface area (Å²) < 4.78 is 27.2. The Morgan fingerprint density at radius 3 is 1.97 bits per heavy atom. The van der Waals surface area contributed by atoms with Gasteiger partial charge in [0.05, 0.1) is 6.04 Å². The topological polar surface area (TPSA) is 73.0 Å². The van der Waals surface area contributed by atoms with Crippen LogP contribution in [-0.2, 0) is 9.59 Å². The van der Waals surface area contributed by atoms with Crippen molar-refractivity contribution >= 4 is 17.8 Å². The van der Waals surface area contributed by atoms with E-state index in [4.69, 9.17) is 0 Å². The van der Waals surface area contributed by atoms with Gasteiger partial charge in [-0.25, -0.2) is 13.6 Å². The largest absolute Gasteiger partial charge is 0.339 e. The van der Waals surface area contributed by atoms with Gasteiger partial charge in [0.25, 0.3) is 5.91 Å². The van der Waals surface area contributed by atoms with Crippen molar-refractivity contribution < 1.29 is 23.2 Å². The van der Waals surface area contributed by atoms with Crippen LogP contribution in [0.5, 0.6) is 0 Å². The van der Waals surface area contributed by atoms with Crippen LogP contribution >= 0.6 is 0 Å². The molecule has 2 aliphatic heterocycles. The number of piperazine rings is 1. The number of hydrogen-bond acceptors (Lipinski definition) is 4. The second-order valence-corrected chi connectivity index (χ2v) is 12.2. The van der Waals surface area contributed by atoms with Gasteiger partial charge >= 0.3 is 6.03 Å². The van der Waals surface area contributed by atoms with Crippen LogP contribution in [0.4, 0.5) is 13.6 Å². The summed E-state index contributed by atoms with van der Waals surface area (Å²) in [4.78, 5) is 44.5. The Morgan fingerprint density at radius 1 is 0.923 bits per heavy atom. The number of amides is 4. The maximum Gasteiger partial charge on any atom is 0.325 e. The second-order valence-electron chi connectivity index (χ2n) is 12.2. The van der Waals surface area contributed by atoms with Gasteiger partial charge in [-0.3, -0.25) is 19.4 Å². The number of imide groups is 1. The second kappa shape index (κ2) is 10.3. The SMILES string of the molecule is C[C@@H]1CC(C)(C)C[C@@]2(C1)NC(=O)N(CC(=O)N1CCN(C(c3ccc(F)cc3)c3ccc(F)cc3)CC1)C2=O. The molecule has 5 rings (SSSR count). The highest BCUT2D eigenvalue weighted by Gasteiger charge is 2.56. The van der Waals surface area contributed by atoms with Gasteiger partial charge < -0.3 is 10.2 Å². The average molecular weight is 539 g/mol. The molecule has 1 spiro atoms. The van der Waals surface area contributed by atoms with E-state index >= 15 is 0 Å². The number of benzene rings is 2. The summed E-state index contributed by atoms with van der Waals surface area (Å²) in [5, 5.41) is 2.93. The van der Waals surface area contributed by atoms with Crippen molar-refractivity contribution in [3.05, 3.63) is 71.3 Å². The van der Waals surface area contributed by atoms with Crippen molar-refractivity contribution in [2.45, 2.75) is 51.6 Å². The van der Waals surface area contributed by atoms with Crippen LogP contribution in [0.3, 0.4) is 0 Å². The molecule has 2 saturated heterocycles. The first-order valence-electron chi connectivity index (χ1n) is 13.6. The number of nitrogens with one attached hydrogen (secondary N) is 1. The van der Waals surface area contributed by atoms with Crippen LogP contribution in [0, 0.1) is 23.0 Å². The first-order chi connectivity index (χ1) is 18.5.